The van der Waals surface area contributed by atoms with Gasteiger partial charge >= 0.3 is 0 Å². The predicted octanol–water partition coefficient (Wildman–Crippen LogP) is 5.48. The lowest BCUT2D eigenvalue weighted by Gasteiger charge is -2.41. The van der Waals surface area contributed by atoms with Crippen molar-refractivity contribution in [1.82, 2.24) is 10.6 Å². The third-order valence-electron chi connectivity index (χ3n) is 7.00. The maximum absolute atomic E-state index is 3.67. The van der Waals surface area contributed by atoms with Gasteiger partial charge in [0.15, 0.2) is 0 Å². The van der Waals surface area contributed by atoms with E-state index in [9.17, 15) is 0 Å². The summed E-state index contributed by atoms with van der Waals surface area (Å²) in [5.41, 5.74) is 0. The topological polar surface area (TPSA) is 24.1 Å². The molecule has 144 valence electrons. The zero-order chi connectivity index (χ0) is 18.3. The molecule has 0 aromatic heterocycles. The monoisotopic (exact) mass is 338 g/mol. The molecular formula is C22H46N2. The molecule has 1 saturated heterocycles. The van der Waals surface area contributed by atoms with Crippen molar-refractivity contribution < 1.29 is 0 Å². The van der Waals surface area contributed by atoms with Gasteiger partial charge in [-0.05, 0) is 62.8 Å². The van der Waals surface area contributed by atoms with Gasteiger partial charge in [0.2, 0.25) is 0 Å². The lowest BCUT2D eigenvalue weighted by molar-refractivity contribution is 0.173. The van der Waals surface area contributed by atoms with Crippen LogP contribution in [0.3, 0.4) is 0 Å². The van der Waals surface area contributed by atoms with Crippen molar-refractivity contribution in [1.29, 1.82) is 0 Å². The maximum atomic E-state index is 3.67. The summed E-state index contributed by atoms with van der Waals surface area (Å²) in [6, 6.07) is 2.13. The lowest BCUT2D eigenvalue weighted by atomic mass is 9.77. The van der Waals surface area contributed by atoms with Gasteiger partial charge in [0.1, 0.15) is 0 Å². The third kappa shape index (κ3) is 7.04. The molecule has 0 saturated carbocycles. The van der Waals surface area contributed by atoms with E-state index in [0.29, 0.717) is 6.04 Å². The van der Waals surface area contributed by atoms with Crippen molar-refractivity contribution in [3.63, 3.8) is 0 Å². The van der Waals surface area contributed by atoms with Crippen LogP contribution in [0, 0.1) is 29.6 Å². The quantitative estimate of drug-likeness (QED) is 0.492. The van der Waals surface area contributed by atoms with Crippen LogP contribution in [0.1, 0.15) is 87.0 Å². The first kappa shape index (κ1) is 22.0. The minimum atomic E-state index is 0.655. The van der Waals surface area contributed by atoms with Gasteiger partial charge in [0.25, 0.3) is 0 Å². The van der Waals surface area contributed by atoms with E-state index in [2.05, 4.69) is 66.1 Å². The Labute approximate surface area is 152 Å². The fourth-order valence-electron chi connectivity index (χ4n) is 4.34. The fraction of sp³-hybridized carbons (Fsp3) is 1.00. The number of rotatable bonds is 12. The highest BCUT2D eigenvalue weighted by Gasteiger charge is 2.31. The van der Waals surface area contributed by atoms with Crippen LogP contribution in [0.5, 0.6) is 0 Å². The molecule has 24 heavy (non-hydrogen) atoms. The molecule has 1 heterocycles. The van der Waals surface area contributed by atoms with Gasteiger partial charge in [-0.1, -0.05) is 60.8 Å². The summed E-state index contributed by atoms with van der Waals surface area (Å²) < 4.78 is 0. The van der Waals surface area contributed by atoms with Gasteiger partial charge in [-0.25, -0.2) is 0 Å². The zero-order valence-electron chi connectivity index (χ0n) is 17.9. The summed E-state index contributed by atoms with van der Waals surface area (Å²) in [6.07, 6.45) is 8.13. The predicted molar refractivity (Wildman–Crippen MR) is 108 cm³/mol. The largest absolute Gasteiger partial charge is 0.317 e. The van der Waals surface area contributed by atoms with Crippen molar-refractivity contribution in [2.24, 2.45) is 29.6 Å². The van der Waals surface area contributed by atoms with E-state index in [0.717, 1.165) is 41.7 Å². The molecule has 8 atom stereocenters. The minimum absolute atomic E-state index is 0.655. The average Bonchev–Trinajstić information content (AvgIpc) is 2.53. The molecule has 1 aliphatic heterocycles. The van der Waals surface area contributed by atoms with Crippen LogP contribution in [0.15, 0.2) is 0 Å². The van der Waals surface area contributed by atoms with Gasteiger partial charge < -0.3 is 10.6 Å². The van der Waals surface area contributed by atoms with Crippen molar-refractivity contribution in [3.05, 3.63) is 0 Å². The second-order valence-electron chi connectivity index (χ2n) is 9.28. The van der Waals surface area contributed by atoms with Gasteiger partial charge in [-0.3, -0.25) is 0 Å². The van der Waals surface area contributed by atoms with Gasteiger partial charge in [0, 0.05) is 18.1 Å². The number of hydrogen-bond donors (Lipinski definition) is 2. The Morgan fingerprint density at radius 1 is 0.958 bits per heavy atom. The second-order valence-corrected chi connectivity index (χ2v) is 9.28. The van der Waals surface area contributed by atoms with E-state index in [1.54, 1.807) is 0 Å². The van der Waals surface area contributed by atoms with Crippen LogP contribution in [0.25, 0.3) is 0 Å². The number of hydrogen-bond acceptors (Lipinski definition) is 2. The average molecular weight is 339 g/mol. The maximum Gasteiger partial charge on any atom is 0.0110 e. The van der Waals surface area contributed by atoms with E-state index >= 15 is 0 Å². The summed E-state index contributed by atoms with van der Waals surface area (Å²) in [6.45, 7) is 16.8. The smallest absolute Gasteiger partial charge is 0.0110 e. The van der Waals surface area contributed by atoms with Gasteiger partial charge in [-0.2, -0.15) is 0 Å². The van der Waals surface area contributed by atoms with E-state index < -0.39 is 0 Å². The van der Waals surface area contributed by atoms with E-state index in [-0.39, 0.29) is 0 Å². The van der Waals surface area contributed by atoms with Crippen molar-refractivity contribution in [3.8, 4) is 0 Å². The molecule has 2 N–H and O–H groups in total. The molecule has 2 heteroatoms. The molecule has 1 rings (SSSR count). The standard InChI is InChI=1S/C22H46N2/c1-9-15(2)10-11-16(3)17(4)12-18(5)21(23-8)13-19(6)22-14-20(7)24-22/h15-24H,9-14H2,1-8H3. The molecule has 1 aliphatic rings. The molecule has 2 nitrogen and oxygen atoms in total. The summed E-state index contributed by atoms with van der Waals surface area (Å²) >= 11 is 0. The highest BCUT2D eigenvalue weighted by atomic mass is 15.0. The van der Waals surface area contributed by atoms with E-state index in [1.165, 1.54) is 38.5 Å². The summed E-state index contributed by atoms with van der Waals surface area (Å²) in [4.78, 5) is 0. The SMILES string of the molecule is CCC(C)CCC(C)C(C)CC(C)C(CC(C)C1CC(C)N1)NC. The Balaban J connectivity index is 2.37. The molecular weight excluding hydrogens is 292 g/mol. The first-order valence-corrected chi connectivity index (χ1v) is 10.7. The van der Waals surface area contributed by atoms with Crippen LogP contribution in [-0.2, 0) is 0 Å². The molecule has 0 radical (unpaired) electrons. The Morgan fingerprint density at radius 3 is 2.08 bits per heavy atom. The van der Waals surface area contributed by atoms with Crippen LogP contribution in [0.4, 0.5) is 0 Å². The Morgan fingerprint density at radius 2 is 1.58 bits per heavy atom. The molecule has 0 amide bonds. The highest BCUT2D eigenvalue weighted by molar-refractivity contribution is 4.91. The Bertz CT molecular complexity index is 324. The summed E-state index contributed by atoms with van der Waals surface area (Å²) in [5, 5.41) is 7.30. The van der Waals surface area contributed by atoms with Gasteiger partial charge in [0.05, 0.1) is 0 Å². The molecule has 0 aromatic carbocycles. The fourth-order valence-corrected chi connectivity index (χ4v) is 4.34. The lowest BCUT2D eigenvalue weighted by Crippen LogP contribution is -2.54. The first-order chi connectivity index (χ1) is 11.3. The third-order valence-corrected chi connectivity index (χ3v) is 7.00. The minimum Gasteiger partial charge on any atom is -0.317 e. The second kappa shape index (κ2) is 10.8. The summed E-state index contributed by atoms with van der Waals surface area (Å²) in [5.74, 6) is 4.11. The van der Waals surface area contributed by atoms with E-state index in [1.807, 2.05) is 0 Å². The van der Waals surface area contributed by atoms with Gasteiger partial charge in [-0.15, -0.1) is 0 Å². The Hall–Kier alpha value is -0.0800. The van der Waals surface area contributed by atoms with Crippen LogP contribution in [-0.4, -0.2) is 25.2 Å². The molecule has 0 aromatic rings. The van der Waals surface area contributed by atoms with Crippen LogP contribution < -0.4 is 10.6 Å². The van der Waals surface area contributed by atoms with Crippen LogP contribution >= 0.6 is 0 Å². The normalized spacial score (nSPS) is 28.5. The first-order valence-electron chi connectivity index (χ1n) is 10.7. The molecule has 8 unspecified atom stereocenters. The molecule has 0 bridgehead atoms. The number of nitrogens with one attached hydrogen (secondary N) is 2. The van der Waals surface area contributed by atoms with Crippen LogP contribution in [0.2, 0.25) is 0 Å². The summed E-state index contributed by atoms with van der Waals surface area (Å²) in [7, 11) is 2.15. The molecule has 1 fully saturated rings. The van der Waals surface area contributed by atoms with Crippen molar-refractivity contribution in [2.75, 3.05) is 7.05 Å². The van der Waals surface area contributed by atoms with Crippen molar-refractivity contribution in [2.45, 2.75) is 105 Å². The van der Waals surface area contributed by atoms with Crippen molar-refractivity contribution >= 4 is 0 Å². The van der Waals surface area contributed by atoms with E-state index in [4.69, 9.17) is 0 Å². The highest BCUT2D eigenvalue weighted by Crippen LogP contribution is 2.30. The Kier molecular flexibility index (Phi) is 9.89. The molecule has 0 aliphatic carbocycles. The zero-order valence-corrected chi connectivity index (χ0v) is 17.9. The molecule has 0 spiro atoms.